The summed E-state index contributed by atoms with van der Waals surface area (Å²) in [7, 11) is 0. The molecule has 0 N–H and O–H groups in total. The third kappa shape index (κ3) is 3.04. The van der Waals surface area contributed by atoms with Crippen LogP contribution in [0.3, 0.4) is 0 Å². The Hall–Kier alpha value is -2.49. The van der Waals surface area contributed by atoms with Gasteiger partial charge in [-0.15, -0.1) is 0 Å². The number of Topliss-reactive ketones (excluding diaryl/α,β-unsaturated/α-hetero) is 1. The lowest BCUT2D eigenvalue weighted by atomic mass is 10.1. The molecule has 4 heteroatoms. The van der Waals surface area contributed by atoms with Crippen LogP contribution in [0.25, 0.3) is 0 Å². The van der Waals surface area contributed by atoms with Gasteiger partial charge in [0, 0.05) is 5.56 Å². The number of rotatable bonds is 3. The van der Waals surface area contributed by atoms with E-state index in [0.29, 0.717) is 5.56 Å². The average molecular weight is 258 g/mol. The molecule has 96 valence electrons. The minimum absolute atomic E-state index is 0.0769. The molecular formula is C15H11FO3. The third-order valence-electron chi connectivity index (χ3n) is 2.57. The molecule has 0 heterocycles. The Labute approximate surface area is 109 Å². The standard InChI is InChI=1S/C15H11FO3/c1-10(17)11-6-8-12(9-7-11)19-15(18)13-4-2-3-5-14(13)16/h2-9H,1H3. The van der Waals surface area contributed by atoms with E-state index in [1.807, 2.05) is 0 Å². The Morgan fingerprint density at radius 2 is 1.63 bits per heavy atom. The zero-order valence-electron chi connectivity index (χ0n) is 10.2. The molecule has 0 aliphatic rings. The van der Waals surface area contributed by atoms with Gasteiger partial charge in [-0.2, -0.15) is 0 Å². The van der Waals surface area contributed by atoms with Crippen molar-refractivity contribution in [2.45, 2.75) is 6.92 Å². The Bertz CT molecular complexity index is 618. The third-order valence-corrected chi connectivity index (χ3v) is 2.57. The molecule has 0 aliphatic heterocycles. The van der Waals surface area contributed by atoms with E-state index in [4.69, 9.17) is 4.74 Å². The molecule has 2 aromatic rings. The second-order valence-electron chi connectivity index (χ2n) is 3.95. The second-order valence-corrected chi connectivity index (χ2v) is 3.95. The minimum atomic E-state index is -0.770. The maximum absolute atomic E-state index is 13.4. The lowest BCUT2D eigenvalue weighted by Crippen LogP contribution is -2.10. The summed E-state index contributed by atoms with van der Waals surface area (Å²) >= 11 is 0. The van der Waals surface area contributed by atoms with Gasteiger partial charge in [-0.3, -0.25) is 4.79 Å². The van der Waals surface area contributed by atoms with E-state index < -0.39 is 11.8 Å². The number of halogens is 1. The van der Waals surface area contributed by atoms with Gasteiger partial charge >= 0.3 is 5.97 Å². The van der Waals surface area contributed by atoms with Gasteiger partial charge in [0.05, 0.1) is 5.56 Å². The van der Waals surface area contributed by atoms with Gasteiger partial charge in [-0.05, 0) is 43.3 Å². The van der Waals surface area contributed by atoms with Gasteiger partial charge in [-0.25, -0.2) is 9.18 Å². The first-order chi connectivity index (χ1) is 9.08. The van der Waals surface area contributed by atoms with Crippen molar-refractivity contribution in [2.24, 2.45) is 0 Å². The summed E-state index contributed by atoms with van der Waals surface area (Å²) in [6.45, 7) is 1.44. The second kappa shape index (κ2) is 5.44. The highest BCUT2D eigenvalue weighted by Gasteiger charge is 2.13. The van der Waals surface area contributed by atoms with Crippen LogP contribution in [-0.2, 0) is 0 Å². The van der Waals surface area contributed by atoms with Crippen molar-refractivity contribution in [3.63, 3.8) is 0 Å². The predicted octanol–water partition coefficient (Wildman–Crippen LogP) is 3.25. The Balaban J connectivity index is 2.15. The lowest BCUT2D eigenvalue weighted by molar-refractivity contribution is 0.0730. The topological polar surface area (TPSA) is 43.4 Å². The zero-order chi connectivity index (χ0) is 13.8. The van der Waals surface area contributed by atoms with E-state index in [9.17, 15) is 14.0 Å². The molecule has 0 spiro atoms. The van der Waals surface area contributed by atoms with Gasteiger partial charge in [0.1, 0.15) is 11.6 Å². The molecule has 0 atom stereocenters. The van der Waals surface area contributed by atoms with Crippen molar-refractivity contribution in [1.29, 1.82) is 0 Å². The van der Waals surface area contributed by atoms with Crippen LogP contribution >= 0.6 is 0 Å². The molecule has 0 amide bonds. The van der Waals surface area contributed by atoms with Crippen molar-refractivity contribution in [1.82, 2.24) is 0 Å². The fourth-order valence-corrected chi connectivity index (χ4v) is 1.55. The maximum Gasteiger partial charge on any atom is 0.346 e. The van der Waals surface area contributed by atoms with E-state index in [1.165, 1.54) is 37.3 Å². The first-order valence-electron chi connectivity index (χ1n) is 5.65. The highest BCUT2D eigenvalue weighted by molar-refractivity contribution is 5.94. The predicted molar refractivity (Wildman–Crippen MR) is 67.8 cm³/mol. The van der Waals surface area contributed by atoms with E-state index in [2.05, 4.69) is 0 Å². The number of hydrogen-bond acceptors (Lipinski definition) is 3. The molecule has 0 bridgehead atoms. The quantitative estimate of drug-likeness (QED) is 0.482. The van der Waals surface area contributed by atoms with E-state index in [-0.39, 0.29) is 17.1 Å². The maximum atomic E-state index is 13.4. The summed E-state index contributed by atoms with van der Waals surface area (Å²) in [6, 6.07) is 11.7. The van der Waals surface area contributed by atoms with Crippen LogP contribution in [0, 0.1) is 5.82 Å². The summed E-state index contributed by atoms with van der Waals surface area (Å²) in [5.74, 6) is -1.22. The van der Waals surface area contributed by atoms with Gasteiger partial charge in [0.2, 0.25) is 0 Å². The van der Waals surface area contributed by atoms with Crippen LogP contribution in [-0.4, -0.2) is 11.8 Å². The normalized spacial score (nSPS) is 10.0. The molecule has 19 heavy (non-hydrogen) atoms. The molecule has 2 rings (SSSR count). The van der Waals surface area contributed by atoms with Gasteiger partial charge in [-0.1, -0.05) is 12.1 Å². The average Bonchev–Trinajstić information content (AvgIpc) is 2.39. The smallest absolute Gasteiger partial charge is 0.346 e. The molecule has 0 fully saturated rings. The molecule has 0 saturated carbocycles. The van der Waals surface area contributed by atoms with Gasteiger partial charge in [0.15, 0.2) is 5.78 Å². The van der Waals surface area contributed by atoms with E-state index >= 15 is 0 Å². The van der Waals surface area contributed by atoms with Crippen LogP contribution in [0.2, 0.25) is 0 Å². The Morgan fingerprint density at radius 3 is 2.21 bits per heavy atom. The molecule has 0 radical (unpaired) electrons. The fraction of sp³-hybridized carbons (Fsp3) is 0.0667. The summed E-state index contributed by atoms with van der Waals surface area (Å²) < 4.78 is 18.4. The summed E-state index contributed by atoms with van der Waals surface area (Å²) in [5, 5.41) is 0. The first-order valence-corrected chi connectivity index (χ1v) is 5.65. The molecular weight excluding hydrogens is 247 g/mol. The number of esters is 1. The number of ketones is 1. The van der Waals surface area contributed by atoms with E-state index in [0.717, 1.165) is 0 Å². The van der Waals surface area contributed by atoms with Crippen molar-refractivity contribution >= 4 is 11.8 Å². The van der Waals surface area contributed by atoms with Crippen LogP contribution in [0.1, 0.15) is 27.6 Å². The number of carbonyl (C=O) groups is 2. The van der Waals surface area contributed by atoms with Crippen LogP contribution < -0.4 is 4.74 Å². The van der Waals surface area contributed by atoms with E-state index in [1.54, 1.807) is 18.2 Å². The molecule has 2 aromatic carbocycles. The number of carbonyl (C=O) groups excluding carboxylic acids is 2. The molecule has 0 aliphatic carbocycles. The van der Waals surface area contributed by atoms with Crippen molar-refractivity contribution in [3.8, 4) is 5.75 Å². The molecule has 0 unspecified atom stereocenters. The molecule has 0 aromatic heterocycles. The summed E-state index contributed by atoms with van der Waals surface area (Å²) in [5.41, 5.74) is 0.392. The fourth-order valence-electron chi connectivity index (χ4n) is 1.55. The molecule has 3 nitrogen and oxygen atoms in total. The van der Waals surface area contributed by atoms with Crippen molar-refractivity contribution in [3.05, 3.63) is 65.5 Å². The Morgan fingerprint density at radius 1 is 1.00 bits per heavy atom. The van der Waals surface area contributed by atoms with Crippen LogP contribution in [0.15, 0.2) is 48.5 Å². The van der Waals surface area contributed by atoms with Gasteiger partial charge in [0.25, 0.3) is 0 Å². The van der Waals surface area contributed by atoms with Crippen molar-refractivity contribution < 1.29 is 18.7 Å². The van der Waals surface area contributed by atoms with Crippen molar-refractivity contribution in [2.75, 3.05) is 0 Å². The minimum Gasteiger partial charge on any atom is -0.423 e. The van der Waals surface area contributed by atoms with Gasteiger partial charge < -0.3 is 4.74 Å². The number of ether oxygens (including phenoxy) is 1. The van der Waals surface area contributed by atoms with Crippen LogP contribution in [0.4, 0.5) is 4.39 Å². The molecule has 0 saturated heterocycles. The largest absolute Gasteiger partial charge is 0.423 e. The zero-order valence-corrected chi connectivity index (χ0v) is 10.2. The number of benzene rings is 2. The van der Waals surface area contributed by atoms with Crippen LogP contribution in [0.5, 0.6) is 5.75 Å². The Kier molecular flexibility index (Phi) is 3.71. The summed E-state index contributed by atoms with van der Waals surface area (Å²) in [6.07, 6.45) is 0. The lowest BCUT2D eigenvalue weighted by Gasteiger charge is -2.05. The summed E-state index contributed by atoms with van der Waals surface area (Å²) in [4.78, 5) is 22.8. The number of hydrogen-bond donors (Lipinski definition) is 0. The highest BCUT2D eigenvalue weighted by atomic mass is 19.1. The monoisotopic (exact) mass is 258 g/mol. The highest BCUT2D eigenvalue weighted by Crippen LogP contribution is 2.15. The SMILES string of the molecule is CC(=O)c1ccc(OC(=O)c2ccccc2F)cc1. The first kappa shape index (κ1) is 13.0.